The Morgan fingerprint density at radius 3 is 2.40 bits per heavy atom. The maximum Gasteiger partial charge on any atom is 0.324 e. The number of hydrogen-bond donors (Lipinski definition) is 0. The van der Waals surface area contributed by atoms with E-state index >= 15 is 0 Å². The van der Waals surface area contributed by atoms with E-state index in [4.69, 9.17) is 14.2 Å². The summed E-state index contributed by atoms with van der Waals surface area (Å²) in [6, 6.07) is 11.6. The Balaban J connectivity index is 1.78. The van der Waals surface area contributed by atoms with Gasteiger partial charge in [-0.3, -0.25) is 14.9 Å². The number of amides is 1. The van der Waals surface area contributed by atoms with Crippen molar-refractivity contribution in [2.75, 3.05) is 26.3 Å². The molecule has 0 unspecified atom stereocenters. The lowest BCUT2D eigenvalue weighted by molar-refractivity contribution is -0.380. The molecule has 13 heteroatoms. The third-order valence-corrected chi connectivity index (χ3v) is 7.22. The Hall–Kier alpha value is -3.55. The maximum atomic E-state index is 13.4. The molecule has 0 saturated heterocycles. The second-order valence-corrected chi connectivity index (χ2v) is 9.81. The molecule has 0 bridgehead atoms. The van der Waals surface area contributed by atoms with Crippen LogP contribution >= 0.6 is 38.6 Å². The predicted molar refractivity (Wildman–Crippen MR) is 139 cm³/mol. The first kappa shape index (κ1) is 24.6. The molecule has 0 spiro atoms. The van der Waals surface area contributed by atoms with Crippen LogP contribution in [0.5, 0.6) is 17.2 Å². The zero-order valence-electron chi connectivity index (χ0n) is 18.6. The molecule has 10 nitrogen and oxygen atoms in total. The summed E-state index contributed by atoms with van der Waals surface area (Å²) < 4.78 is 17.8. The molecule has 0 N–H and O–H groups in total. The number of carbonyl (C=O) groups excluding carboxylic acids is 1. The van der Waals surface area contributed by atoms with Gasteiger partial charge in [0.1, 0.15) is 4.88 Å². The number of thiazole rings is 1. The number of hydrazone groups is 1. The van der Waals surface area contributed by atoms with Crippen LogP contribution in [-0.4, -0.2) is 43.4 Å². The normalized spacial score (nSPS) is 11.1. The fourth-order valence-electron chi connectivity index (χ4n) is 3.11. The van der Waals surface area contributed by atoms with Crippen molar-refractivity contribution in [1.82, 2.24) is 4.98 Å². The number of fused-ring (bicyclic) bond motifs is 1. The van der Waals surface area contributed by atoms with E-state index in [2.05, 4.69) is 26.0 Å². The molecule has 4 aromatic rings. The van der Waals surface area contributed by atoms with E-state index in [1.807, 2.05) is 18.2 Å². The summed E-state index contributed by atoms with van der Waals surface area (Å²) in [7, 11) is 4.49. The minimum Gasteiger partial charge on any atom is -0.493 e. The Kier molecular flexibility index (Phi) is 7.28. The zero-order valence-corrected chi connectivity index (χ0v) is 21.8. The quantitative estimate of drug-likeness (QED) is 0.149. The summed E-state index contributed by atoms with van der Waals surface area (Å²) in [5, 5.41) is 16.8. The molecule has 0 atom stereocenters. The van der Waals surface area contributed by atoms with Crippen LogP contribution in [0.1, 0.15) is 15.2 Å². The van der Waals surface area contributed by atoms with E-state index in [1.54, 1.807) is 12.1 Å². The number of ether oxygens (including phenoxy) is 3. The van der Waals surface area contributed by atoms with Gasteiger partial charge in [0.15, 0.2) is 11.5 Å². The van der Waals surface area contributed by atoms with Gasteiger partial charge < -0.3 is 14.2 Å². The van der Waals surface area contributed by atoms with Crippen molar-refractivity contribution >= 4 is 71.1 Å². The number of hydrogen-bond acceptors (Lipinski definition) is 10. The van der Waals surface area contributed by atoms with Crippen molar-refractivity contribution in [2.45, 2.75) is 0 Å². The average molecular weight is 577 g/mol. The van der Waals surface area contributed by atoms with E-state index < -0.39 is 10.8 Å². The van der Waals surface area contributed by atoms with Crippen molar-refractivity contribution in [3.8, 4) is 17.2 Å². The standard InChI is InChI=1S/C22H17BrN4O6S2/c1-31-15-8-12(9-16(32-2)20(15)33-3)11-24-26(21(28)17-6-7-19(34-17)27(29)30)22-25-14-5-4-13(23)10-18(14)35-22/h4-11H,1-3H3/b24-11+. The molecule has 4 rings (SSSR count). The lowest BCUT2D eigenvalue weighted by atomic mass is 10.2. The molecule has 35 heavy (non-hydrogen) atoms. The SMILES string of the molecule is COc1cc(/C=N/N(C(=O)c2ccc([N+](=O)[O-])s2)c2nc3ccc(Br)cc3s2)cc(OC)c1OC. The van der Waals surface area contributed by atoms with Crippen LogP contribution in [0.25, 0.3) is 10.2 Å². The van der Waals surface area contributed by atoms with Gasteiger partial charge in [-0.25, -0.2) is 4.98 Å². The van der Waals surface area contributed by atoms with Gasteiger partial charge in [-0.1, -0.05) is 38.6 Å². The van der Waals surface area contributed by atoms with Gasteiger partial charge in [-0.15, -0.1) is 0 Å². The molecule has 0 fully saturated rings. The maximum absolute atomic E-state index is 13.4. The van der Waals surface area contributed by atoms with Crippen LogP contribution in [0.4, 0.5) is 10.1 Å². The third kappa shape index (κ3) is 5.11. The fourth-order valence-corrected chi connectivity index (χ4v) is 5.33. The van der Waals surface area contributed by atoms with Crippen LogP contribution < -0.4 is 19.2 Å². The van der Waals surface area contributed by atoms with Crippen molar-refractivity contribution in [3.05, 3.63) is 67.5 Å². The monoisotopic (exact) mass is 576 g/mol. The lowest BCUT2D eigenvalue weighted by Crippen LogP contribution is -2.24. The second kappa shape index (κ2) is 10.4. The van der Waals surface area contributed by atoms with Crippen molar-refractivity contribution in [2.24, 2.45) is 5.10 Å². The summed E-state index contributed by atoms with van der Waals surface area (Å²) in [6.45, 7) is 0. The molecule has 0 saturated carbocycles. The first-order chi connectivity index (χ1) is 16.8. The van der Waals surface area contributed by atoms with Gasteiger partial charge in [-0.05, 0) is 36.4 Å². The Labute approximate surface area is 215 Å². The molecule has 0 aliphatic heterocycles. The summed E-state index contributed by atoms with van der Waals surface area (Å²) in [5.74, 6) is 0.711. The number of nitro groups is 1. The van der Waals surface area contributed by atoms with Gasteiger partial charge in [-0.2, -0.15) is 10.1 Å². The number of benzene rings is 2. The molecule has 1 amide bonds. The van der Waals surface area contributed by atoms with Crippen molar-refractivity contribution < 1.29 is 23.9 Å². The molecule has 2 heterocycles. The first-order valence-corrected chi connectivity index (χ1v) is 12.3. The highest BCUT2D eigenvalue weighted by Crippen LogP contribution is 2.38. The van der Waals surface area contributed by atoms with Gasteiger partial charge >= 0.3 is 5.00 Å². The largest absolute Gasteiger partial charge is 0.493 e. The number of aromatic nitrogens is 1. The Morgan fingerprint density at radius 1 is 1.09 bits per heavy atom. The van der Waals surface area contributed by atoms with Crippen molar-refractivity contribution in [1.29, 1.82) is 0 Å². The van der Waals surface area contributed by atoms with Crippen LogP contribution in [0.3, 0.4) is 0 Å². The highest BCUT2D eigenvalue weighted by Gasteiger charge is 2.25. The Morgan fingerprint density at radius 2 is 1.80 bits per heavy atom. The van der Waals surface area contributed by atoms with Gasteiger partial charge in [0.05, 0.1) is 42.7 Å². The van der Waals surface area contributed by atoms with E-state index in [-0.39, 0.29) is 9.88 Å². The lowest BCUT2D eigenvalue weighted by Gasteiger charge is -2.14. The number of methoxy groups -OCH3 is 3. The molecular formula is C22H17BrN4O6S2. The van der Waals surface area contributed by atoms with Crippen LogP contribution in [-0.2, 0) is 0 Å². The molecular weight excluding hydrogens is 560 g/mol. The third-order valence-electron chi connectivity index (χ3n) is 4.70. The molecule has 0 aliphatic rings. The highest BCUT2D eigenvalue weighted by molar-refractivity contribution is 9.10. The topological polar surface area (TPSA) is 116 Å². The number of nitrogens with zero attached hydrogens (tertiary/aromatic N) is 4. The highest BCUT2D eigenvalue weighted by atomic mass is 79.9. The zero-order chi connectivity index (χ0) is 25.1. The van der Waals surface area contributed by atoms with E-state index in [0.717, 1.165) is 25.5 Å². The van der Waals surface area contributed by atoms with Gasteiger partial charge in [0.25, 0.3) is 5.91 Å². The number of rotatable bonds is 8. The molecule has 0 aliphatic carbocycles. The Bertz CT molecular complexity index is 1430. The molecule has 2 aromatic carbocycles. The van der Waals surface area contributed by atoms with Crippen LogP contribution in [0.2, 0.25) is 0 Å². The minimum absolute atomic E-state index is 0.143. The van der Waals surface area contributed by atoms with Gasteiger partial charge in [0.2, 0.25) is 10.9 Å². The summed E-state index contributed by atoms with van der Waals surface area (Å²) in [5.41, 5.74) is 1.25. The number of thiophene rings is 1. The van der Waals surface area contributed by atoms with Crippen LogP contribution in [0.15, 0.2) is 52.0 Å². The first-order valence-electron chi connectivity index (χ1n) is 9.83. The summed E-state index contributed by atoms with van der Waals surface area (Å²) in [6.07, 6.45) is 1.45. The summed E-state index contributed by atoms with van der Waals surface area (Å²) >= 11 is 5.47. The van der Waals surface area contributed by atoms with E-state index in [9.17, 15) is 14.9 Å². The fraction of sp³-hybridized carbons (Fsp3) is 0.136. The minimum atomic E-state index is -0.551. The molecule has 180 valence electrons. The van der Waals surface area contributed by atoms with E-state index in [1.165, 1.54) is 51.0 Å². The molecule has 2 aromatic heterocycles. The molecule has 0 radical (unpaired) electrons. The number of anilines is 1. The van der Waals surface area contributed by atoms with Gasteiger partial charge in [0, 0.05) is 16.1 Å². The van der Waals surface area contributed by atoms with Crippen molar-refractivity contribution in [3.63, 3.8) is 0 Å². The smallest absolute Gasteiger partial charge is 0.324 e. The average Bonchev–Trinajstić information content (AvgIpc) is 3.50. The second-order valence-electron chi connectivity index (χ2n) is 6.82. The number of halogens is 1. The van der Waals surface area contributed by atoms with E-state index in [0.29, 0.717) is 33.5 Å². The predicted octanol–water partition coefficient (Wildman–Crippen LogP) is 5.74. The number of carbonyl (C=O) groups is 1. The summed E-state index contributed by atoms with van der Waals surface area (Å²) in [4.78, 5) is 28.7. The van der Waals surface area contributed by atoms with Crippen LogP contribution in [0, 0.1) is 10.1 Å².